The van der Waals surface area contributed by atoms with Crippen LogP contribution in [0.4, 0.5) is 0 Å². The van der Waals surface area contributed by atoms with E-state index < -0.39 is 0 Å². The van der Waals surface area contributed by atoms with Crippen molar-refractivity contribution in [3.63, 3.8) is 0 Å². The SMILES string of the molecule is Cl.NCC1CC(CCCl)C1. The molecule has 2 N–H and O–H groups in total. The maximum atomic E-state index is 5.57. The quantitative estimate of drug-likeness (QED) is 0.667. The van der Waals surface area contributed by atoms with Crippen LogP contribution in [0.25, 0.3) is 0 Å². The van der Waals surface area contributed by atoms with Crippen LogP contribution in [0.3, 0.4) is 0 Å². The Balaban J connectivity index is 0.000000810. The first-order valence-electron chi connectivity index (χ1n) is 3.62. The van der Waals surface area contributed by atoms with Gasteiger partial charge in [-0.15, -0.1) is 24.0 Å². The number of rotatable bonds is 3. The van der Waals surface area contributed by atoms with Crippen LogP contribution in [-0.4, -0.2) is 12.4 Å². The van der Waals surface area contributed by atoms with Crippen molar-refractivity contribution in [3.8, 4) is 0 Å². The highest BCUT2D eigenvalue weighted by molar-refractivity contribution is 6.17. The Morgan fingerprint density at radius 1 is 1.30 bits per heavy atom. The van der Waals surface area contributed by atoms with E-state index >= 15 is 0 Å². The lowest BCUT2D eigenvalue weighted by molar-refractivity contribution is 0.196. The van der Waals surface area contributed by atoms with E-state index in [-0.39, 0.29) is 12.4 Å². The van der Waals surface area contributed by atoms with Crippen LogP contribution in [0.2, 0.25) is 0 Å². The molecule has 1 fully saturated rings. The second-order valence-corrected chi connectivity index (χ2v) is 3.29. The lowest BCUT2D eigenvalue weighted by atomic mass is 9.74. The molecule has 1 rings (SSSR count). The van der Waals surface area contributed by atoms with E-state index in [4.69, 9.17) is 17.3 Å². The van der Waals surface area contributed by atoms with Crippen molar-refractivity contribution in [2.75, 3.05) is 12.4 Å². The van der Waals surface area contributed by atoms with Crippen molar-refractivity contribution in [3.05, 3.63) is 0 Å². The van der Waals surface area contributed by atoms with Gasteiger partial charge in [0.1, 0.15) is 0 Å². The minimum absolute atomic E-state index is 0. The number of alkyl halides is 1. The third-order valence-corrected chi connectivity index (χ3v) is 2.40. The fourth-order valence-electron chi connectivity index (χ4n) is 1.46. The summed E-state index contributed by atoms with van der Waals surface area (Å²) in [7, 11) is 0. The lowest BCUT2D eigenvalue weighted by Gasteiger charge is -2.33. The van der Waals surface area contributed by atoms with Crippen LogP contribution >= 0.6 is 24.0 Å². The van der Waals surface area contributed by atoms with Gasteiger partial charge in [0.15, 0.2) is 0 Å². The Labute approximate surface area is 73.7 Å². The van der Waals surface area contributed by atoms with Crippen molar-refractivity contribution >= 4 is 24.0 Å². The van der Waals surface area contributed by atoms with Crippen LogP contribution in [0.5, 0.6) is 0 Å². The van der Waals surface area contributed by atoms with Gasteiger partial charge in [0.25, 0.3) is 0 Å². The maximum Gasteiger partial charge on any atom is 0.0226 e. The molecule has 62 valence electrons. The normalized spacial score (nSPS) is 30.6. The van der Waals surface area contributed by atoms with Crippen molar-refractivity contribution in [2.24, 2.45) is 17.6 Å². The number of hydrogen-bond donors (Lipinski definition) is 1. The maximum absolute atomic E-state index is 5.57. The summed E-state index contributed by atoms with van der Waals surface area (Å²) in [6.45, 7) is 0.874. The molecule has 0 saturated heterocycles. The molecule has 10 heavy (non-hydrogen) atoms. The average molecular weight is 184 g/mol. The molecule has 0 aromatic heterocycles. The molecular weight excluding hydrogens is 169 g/mol. The number of halogens is 2. The van der Waals surface area contributed by atoms with Gasteiger partial charge in [-0.3, -0.25) is 0 Å². The van der Waals surface area contributed by atoms with Gasteiger partial charge >= 0.3 is 0 Å². The standard InChI is InChI=1S/C7H14ClN.ClH/c8-2-1-6-3-7(4-6)5-9;/h6-7H,1-5,9H2;1H. The zero-order chi connectivity index (χ0) is 6.69. The van der Waals surface area contributed by atoms with E-state index in [1.165, 1.54) is 19.3 Å². The summed E-state index contributed by atoms with van der Waals surface area (Å²) >= 11 is 5.57. The van der Waals surface area contributed by atoms with Gasteiger partial charge in [0.05, 0.1) is 0 Å². The molecule has 1 saturated carbocycles. The number of hydrogen-bond acceptors (Lipinski definition) is 1. The van der Waals surface area contributed by atoms with E-state index in [0.29, 0.717) is 0 Å². The largest absolute Gasteiger partial charge is 0.330 e. The molecule has 0 amide bonds. The summed E-state index contributed by atoms with van der Waals surface area (Å²) < 4.78 is 0. The third kappa shape index (κ3) is 2.65. The average Bonchev–Trinajstić information content (AvgIpc) is 1.77. The summed E-state index contributed by atoms with van der Waals surface area (Å²) in [6, 6.07) is 0. The van der Waals surface area contributed by atoms with Crippen LogP contribution in [0.1, 0.15) is 19.3 Å². The van der Waals surface area contributed by atoms with Gasteiger partial charge in [-0.05, 0) is 37.6 Å². The molecular formula is C7H15Cl2N. The van der Waals surface area contributed by atoms with Crippen molar-refractivity contribution in [1.82, 2.24) is 0 Å². The van der Waals surface area contributed by atoms with Crippen molar-refractivity contribution in [1.29, 1.82) is 0 Å². The van der Waals surface area contributed by atoms with E-state index in [0.717, 1.165) is 24.3 Å². The molecule has 3 heteroatoms. The third-order valence-electron chi connectivity index (χ3n) is 2.18. The van der Waals surface area contributed by atoms with Gasteiger partial charge in [0.2, 0.25) is 0 Å². The first-order valence-corrected chi connectivity index (χ1v) is 4.16. The predicted molar refractivity (Wildman–Crippen MR) is 47.9 cm³/mol. The van der Waals surface area contributed by atoms with E-state index in [2.05, 4.69) is 0 Å². The monoisotopic (exact) mass is 183 g/mol. The molecule has 0 aromatic rings. The molecule has 0 aliphatic heterocycles. The molecule has 0 bridgehead atoms. The topological polar surface area (TPSA) is 26.0 Å². The summed E-state index contributed by atoms with van der Waals surface area (Å²) in [5.74, 6) is 2.54. The number of nitrogens with two attached hydrogens (primary N) is 1. The summed E-state index contributed by atoms with van der Waals surface area (Å²) in [4.78, 5) is 0. The minimum Gasteiger partial charge on any atom is -0.330 e. The molecule has 1 aliphatic carbocycles. The molecule has 1 nitrogen and oxygen atoms in total. The fraction of sp³-hybridized carbons (Fsp3) is 1.00. The zero-order valence-corrected chi connectivity index (χ0v) is 7.63. The highest BCUT2D eigenvalue weighted by atomic mass is 35.5. The molecule has 0 aromatic carbocycles. The molecule has 1 aliphatic rings. The van der Waals surface area contributed by atoms with Crippen LogP contribution in [-0.2, 0) is 0 Å². The van der Waals surface area contributed by atoms with Gasteiger partial charge < -0.3 is 5.73 Å². The second kappa shape index (κ2) is 5.22. The van der Waals surface area contributed by atoms with Gasteiger partial charge in [-0.25, -0.2) is 0 Å². The van der Waals surface area contributed by atoms with Gasteiger partial charge in [0, 0.05) is 5.88 Å². The Kier molecular flexibility index (Phi) is 5.51. The second-order valence-electron chi connectivity index (χ2n) is 2.92. The molecule has 0 radical (unpaired) electrons. The van der Waals surface area contributed by atoms with Crippen LogP contribution in [0.15, 0.2) is 0 Å². The molecule has 0 unspecified atom stereocenters. The molecule has 0 heterocycles. The Bertz CT molecular complexity index is 81.7. The van der Waals surface area contributed by atoms with Crippen molar-refractivity contribution in [2.45, 2.75) is 19.3 Å². The first kappa shape index (κ1) is 10.5. The Hall–Kier alpha value is 0.540. The summed E-state index contributed by atoms with van der Waals surface area (Å²) in [5.41, 5.74) is 5.46. The minimum atomic E-state index is 0. The Morgan fingerprint density at radius 2 is 1.90 bits per heavy atom. The zero-order valence-electron chi connectivity index (χ0n) is 6.05. The Morgan fingerprint density at radius 3 is 2.30 bits per heavy atom. The van der Waals surface area contributed by atoms with Crippen molar-refractivity contribution < 1.29 is 0 Å². The summed E-state index contributed by atoms with van der Waals surface area (Å²) in [6.07, 6.45) is 3.84. The lowest BCUT2D eigenvalue weighted by Crippen LogP contribution is -2.29. The highest BCUT2D eigenvalue weighted by Gasteiger charge is 2.26. The highest BCUT2D eigenvalue weighted by Crippen LogP contribution is 2.35. The van der Waals surface area contributed by atoms with E-state index in [9.17, 15) is 0 Å². The van der Waals surface area contributed by atoms with Gasteiger partial charge in [-0.1, -0.05) is 0 Å². The fourth-order valence-corrected chi connectivity index (χ4v) is 1.76. The summed E-state index contributed by atoms with van der Waals surface area (Å²) in [5, 5.41) is 0. The molecule has 0 atom stereocenters. The van der Waals surface area contributed by atoms with Crippen LogP contribution in [0, 0.1) is 11.8 Å². The van der Waals surface area contributed by atoms with Crippen LogP contribution < -0.4 is 5.73 Å². The van der Waals surface area contributed by atoms with E-state index in [1.54, 1.807) is 0 Å². The first-order chi connectivity index (χ1) is 4.36. The predicted octanol–water partition coefficient (Wildman–Crippen LogP) is 2.02. The van der Waals surface area contributed by atoms with Gasteiger partial charge in [-0.2, -0.15) is 0 Å². The molecule has 0 spiro atoms. The van der Waals surface area contributed by atoms with E-state index in [1.807, 2.05) is 0 Å². The smallest absolute Gasteiger partial charge is 0.0226 e.